The van der Waals surface area contributed by atoms with Gasteiger partial charge in [-0.15, -0.1) is 11.8 Å². The fourth-order valence-electron chi connectivity index (χ4n) is 0.631. The van der Waals surface area contributed by atoms with Crippen LogP contribution in [0.15, 0.2) is 17.3 Å². The molecule has 3 heteroatoms. The lowest BCUT2D eigenvalue weighted by Gasteiger charge is -1.99. The average molecular weight is 154 g/mol. The predicted molar refractivity (Wildman–Crippen MR) is 45.2 cm³/mol. The van der Waals surface area contributed by atoms with Gasteiger partial charge in [-0.3, -0.25) is 0 Å². The second kappa shape index (κ2) is 2.92. The molecule has 1 heterocycles. The van der Waals surface area contributed by atoms with Crippen LogP contribution >= 0.6 is 11.8 Å². The zero-order chi connectivity index (χ0) is 7.56. The van der Waals surface area contributed by atoms with Crippen LogP contribution in [0.2, 0.25) is 0 Å². The van der Waals surface area contributed by atoms with Crippen LogP contribution in [0.25, 0.3) is 0 Å². The summed E-state index contributed by atoms with van der Waals surface area (Å²) in [6.07, 6.45) is 3.78. The molecule has 0 amide bonds. The summed E-state index contributed by atoms with van der Waals surface area (Å²) in [5, 5.41) is 0.975. The van der Waals surface area contributed by atoms with Crippen molar-refractivity contribution >= 4 is 17.4 Å². The summed E-state index contributed by atoms with van der Waals surface area (Å²) >= 11 is 1.60. The van der Waals surface area contributed by atoms with Gasteiger partial charge in [0.05, 0.1) is 5.03 Å². The number of nitrogens with zero attached hydrogens (tertiary/aromatic N) is 1. The lowest BCUT2D eigenvalue weighted by atomic mass is 10.3. The Morgan fingerprint density at radius 1 is 1.60 bits per heavy atom. The molecule has 0 radical (unpaired) electrons. The van der Waals surface area contributed by atoms with Crippen LogP contribution in [0.5, 0.6) is 0 Å². The van der Waals surface area contributed by atoms with E-state index in [1.807, 2.05) is 19.2 Å². The number of anilines is 1. The molecule has 0 saturated heterocycles. The summed E-state index contributed by atoms with van der Waals surface area (Å²) in [6.45, 7) is 1.95. The van der Waals surface area contributed by atoms with Crippen molar-refractivity contribution in [3.05, 3.63) is 17.8 Å². The number of pyridine rings is 1. The first-order chi connectivity index (χ1) is 4.74. The lowest BCUT2D eigenvalue weighted by molar-refractivity contribution is 1.12. The Bertz CT molecular complexity index is 235. The monoisotopic (exact) mass is 154 g/mol. The molecule has 0 saturated carbocycles. The normalized spacial score (nSPS) is 9.80. The molecule has 0 unspecified atom stereocenters. The fraction of sp³-hybridized carbons (Fsp3) is 0.286. The predicted octanol–water partition coefficient (Wildman–Crippen LogP) is 1.69. The van der Waals surface area contributed by atoms with Crippen LogP contribution in [0.3, 0.4) is 0 Å². The number of nitrogen functional groups attached to an aromatic ring is 1. The zero-order valence-corrected chi connectivity index (χ0v) is 6.90. The zero-order valence-electron chi connectivity index (χ0n) is 6.09. The van der Waals surface area contributed by atoms with Gasteiger partial charge in [-0.1, -0.05) is 0 Å². The number of aromatic nitrogens is 1. The smallest absolute Gasteiger partial charge is 0.0977 e. The van der Waals surface area contributed by atoms with Gasteiger partial charge in [-0.05, 0) is 24.8 Å². The maximum Gasteiger partial charge on any atom is 0.0977 e. The van der Waals surface area contributed by atoms with Crippen molar-refractivity contribution in [1.82, 2.24) is 4.98 Å². The van der Waals surface area contributed by atoms with Crippen molar-refractivity contribution in [3.63, 3.8) is 0 Å². The Balaban J connectivity index is 3.04. The van der Waals surface area contributed by atoms with E-state index in [1.54, 1.807) is 18.0 Å². The molecule has 54 valence electrons. The van der Waals surface area contributed by atoms with Gasteiger partial charge >= 0.3 is 0 Å². The highest BCUT2D eigenvalue weighted by atomic mass is 32.2. The molecule has 0 fully saturated rings. The maximum atomic E-state index is 5.64. The molecule has 10 heavy (non-hydrogen) atoms. The number of hydrogen-bond acceptors (Lipinski definition) is 3. The Labute approximate surface area is 64.8 Å². The van der Waals surface area contributed by atoms with Crippen LogP contribution in [0, 0.1) is 6.92 Å². The minimum atomic E-state index is 0.819. The highest BCUT2D eigenvalue weighted by Gasteiger charge is 1.94. The standard InChI is InChI=1S/C7H10N2S/c1-5-4-9-7(10-2)3-6(5)8/h3-4H,1-2H3,(H2,8,9). The summed E-state index contributed by atoms with van der Waals surface area (Å²) in [6, 6.07) is 1.89. The van der Waals surface area contributed by atoms with Crippen LogP contribution in [-0.4, -0.2) is 11.2 Å². The Kier molecular flexibility index (Phi) is 2.17. The third kappa shape index (κ3) is 1.42. The number of thioether (sulfide) groups is 1. The lowest BCUT2D eigenvalue weighted by Crippen LogP contribution is -1.91. The Morgan fingerprint density at radius 2 is 2.30 bits per heavy atom. The van der Waals surface area contributed by atoms with E-state index in [2.05, 4.69) is 4.98 Å². The van der Waals surface area contributed by atoms with Crippen molar-refractivity contribution in [2.24, 2.45) is 0 Å². The van der Waals surface area contributed by atoms with Crippen molar-refractivity contribution in [3.8, 4) is 0 Å². The molecule has 2 nitrogen and oxygen atoms in total. The van der Waals surface area contributed by atoms with E-state index < -0.39 is 0 Å². The molecular formula is C7H10N2S. The molecule has 0 atom stereocenters. The largest absolute Gasteiger partial charge is 0.398 e. The fourth-order valence-corrected chi connectivity index (χ4v) is 1.03. The van der Waals surface area contributed by atoms with E-state index >= 15 is 0 Å². The van der Waals surface area contributed by atoms with Gasteiger partial charge in [0.1, 0.15) is 0 Å². The molecule has 0 aromatic carbocycles. The van der Waals surface area contributed by atoms with Gasteiger partial charge in [0, 0.05) is 11.9 Å². The molecule has 0 aliphatic carbocycles. The number of rotatable bonds is 1. The summed E-state index contributed by atoms with van der Waals surface area (Å²) in [7, 11) is 0. The quantitative estimate of drug-likeness (QED) is 0.626. The van der Waals surface area contributed by atoms with Crippen molar-refractivity contribution in [2.45, 2.75) is 11.9 Å². The minimum Gasteiger partial charge on any atom is -0.398 e. The number of hydrogen-bond donors (Lipinski definition) is 1. The van der Waals surface area contributed by atoms with Gasteiger partial charge in [-0.2, -0.15) is 0 Å². The summed E-state index contributed by atoms with van der Waals surface area (Å²) in [4.78, 5) is 4.14. The highest BCUT2D eigenvalue weighted by molar-refractivity contribution is 7.98. The SMILES string of the molecule is CSc1cc(N)c(C)cn1. The van der Waals surface area contributed by atoms with Crippen LogP contribution < -0.4 is 5.73 Å². The van der Waals surface area contributed by atoms with E-state index in [1.165, 1.54) is 0 Å². The first kappa shape index (κ1) is 7.41. The van der Waals surface area contributed by atoms with E-state index in [-0.39, 0.29) is 0 Å². The van der Waals surface area contributed by atoms with Crippen LogP contribution in [0.1, 0.15) is 5.56 Å². The van der Waals surface area contributed by atoms with E-state index in [0.717, 1.165) is 16.3 Å². The van der Waals surface area contributed by atoms with Crippen LogP contribution in [0.4, 0.5) is 5.69 Å². The van der Waals surface area contributed by atoms with Gasteiger partial charge in [0.2, 0.25) is 0 Å². The molecule has 0 bridgehead atoms. The second-order valence-electron chi connectivity index (χ2n) is 2.08. The van der Waals surface area contributed by atoms with Crippen molar-refractivity contribution < 1.29 is 0 Å². The van der Waals surface area contributed by atoms with Crippen molar-refractivity contribution in [2.75, 3.05) is 12.0 Å². The van der Waals surface area contributed by atoms with Gasteiger partial charge < -0.3 is 5.73 Å². The van der Waals surface area contributed by atoms with Crippen LogP contribution in [-0.2, 0) is 0 Å². The summed E-state index contributed by atoms with van der Waals surface area (Å²) in [5.74, 6) is 0. The minimum absolute atomic E-state index is 0.819. The molecular weight excluding hydrogens is 144 g/mol. The molecule has 1 aromatic heterocycles. The maximum absolute atomic E-state index is 5.64. The first-order valence-electron chi connectivity index (χ1n) is 3.00. The van der Waals surface area contributed by atoms with Gasteiger partial charge in [-0.25, -0.2) is 4.98 Å². The third-order valence-electron chi connectivity index (χ3n) is 1.33. The third-order valence-corrected chi connectivity index (χ3v) is 1.97. The molecule has 0 aliphatic rings. The average Bonchev–Trinajstić information content (AvgIpc) is 1.95. The van der Waals surface area contributed by atoms with Crippen molar-refractivity contribution in [1.29, 1.82) is 0 Å². The first-order valence-corrected chi connectivity index (χ1v) is 4.22. The van der Waals surface area contributed by atoms with E-state index in [9.17, 15) is 0 Å². The summed E-state index contributed by atoms with van der Waals surface area (Å²) < 4.78 is 0. The van der Waals surface area contributed by atoms with Gasteiger partial charge in [0.15, 0.2) is 0 Å². The Hall–Kier alpha value is -0.700. The van der Waals surface area contributed by atoms with Gasteiger partial charge in [0.25, 0.3) is 0 Å². The number of aryl methyl sites for hydroxylation is 1. The molecule has 0 aliphatic heterocycles. The highest BCUT2D eigenvalue weighted by Crippen LogP contribution is 2.16. The molecule has 1 rings (SSSR count). The second-order valence-corrected chi connectivity index (χ2v) is 2.91. The molecule has 2 N–H and O–H groups in total. The topological polar surface area (TPSA) is 38.9 Å². The Morgan fingerprint density at radius 3 is 2.80 bits per heavy atom. The van der Waals surface area contributed by atoms with E-state index in [0.29, 0.717) is 0 Å². The molecule has 1 aromatic rings. The van der Waals surface area contributed by atoms with E-state index in [4.69, 9.17) is 5.73 Å². The molecule has 0 spiro atoms. The summed E-state index contributed by atoms with van der Waals surface area (Å²) in [5.41, 5.74) is 7.50. The number of nitrogens with two attached hydrogens (primary N) is 1.